The summed E-state index contributed by atoms with van der Waals surface area (Å²) < 4.78 is 69.1. The van der Waals surface area contributed by atoms with Crippen molar-refractivity contribution < 1.29 is 26.1 Å². The van der Waals surface area contributed by atoms with Gasteiger partial charge in [-0.3, -0.25) is 0 Å². The zero-order valence-electron chi connectivity index (χ0n) is 14.4. The van der Waals surface area contributed by atoms with Crippen molar-refractivity contribution in [1.82, 2.24) is 19.8 Å². The van der Waals surface area contributed by atoms with Crippen LogP contribution in [0.4, 0.5) is 13.2 Å². The van der Waals surface area contributed by atoms with Crippen LogP contribution in [0.15, 0.2) is 35.0 Å². The third-order valence-corrected chi connectivity index (χ3v) is 7.85. The predicted octanol–water partition coefficient (Wildman–Crippen LogP) is 3.97. The minimum absolute atomic E-state index is 0.112. The fourth-order valence-electron chi connectivity index (χ4n) is 2.83. The third kappa shape index (κ3) is 3.89. The highest BCUT2D eigenvalue weighted by atomic mass is 35.5. The maximum absolute atomic E-state index is 12.8. The number of hydrogen-bond donors (Lipinski definition) is 1. The van der Waals surface area contributed by atoms with Gasteiger partial charge in [-0.1, -0.05) is 28.9 Å². The van der Waals surface area contributed by atoms with Crippen LogP contribution in [0, 0.1) is 0 Å². The second-order valence-electron chi connectivity index (χ2n) is 6.37. The molecule has 1 aliphatic rings. The van der Waals surface area contributed by atoms with Gasteiger partial charge >= 0.3 is 12.1 Å². The van der Waals surface area contributed by atoms with E-state index in [0.29, 0.717) is 28.4 Å². The lowest BCUT2D eigenvalue weighted by Gasteiger charge is -2.17. The van der Waals surface area contributed by atoms with E-state index < -0.39 is 26.8 Å². The number of hydrogen-bond acceptors (Lipinski definition) is 7. The number of halogens is 4. The molecule has 1 aliphatic carbocycles. The van der Waals surface area contributed by atoms with Crippen molar-refractivity contribution in [2.75, 3.05) is 0 Å². The lowest BCUT2D eigenvalue weighted by atomic mass is 10.1. The van der Waals surface area contributed by atoms with Crippen LogP contribution < -0.4 is 4.72 Å². The normalized spacial score (nSPS) is 16.1. The fourth-order valence-corrected chi connectivity index (χ4v) is 5.57. The van der Waals surface area contributed by atoms with Crippen molar-refractivity contribution in [3.63, 3.8) is 0 Å². The van der Waals surface area contributed by atoms with Crippen molar-refractivity contribution in [1.29, 1.82) is 0 Å². The van der Waals surface area contributed by atoms with Crippen molar-refractivity contribution in [3.8, 4) is 10.7 Å². The van der Waals surface area contributed by atoms with E-state index in [1.54, 1.807) is 24.3 Å². The molecule has 1 fully saturated rings. The van der Waals surface area contributed by atoms with E-state index >= 15 is 0 Å². The molecule has 154 valence electrons. The summed E-state index contributed by atoms with van der Waals surface area (Å²) in [4.78, 5) is 7.54. The molecule has 4 rings (SSSR count). The van der Waals surface area contributed by atoms with Crippen LogP contribution in [0.1, 0.15) is 29.3 Å². The molecule has 2 aromatic heterocycles. The van der Waals surface area contributed by atoms with Gasteiger partial charge in [-0.05, 0) is 30.5 Å². The Kier molecular flexibility index (Phi) is 4.92. The second kappa shape index (κ2) is 7.04. The number of thiazole rings is 1. The summed E-state index contributed by atoms with van der Waals surface area (Å²) in [6.45, 7) is -0.112. The average Bonchev–Trinajstić information content (AvgIpc) is 3.10. The summed E-state index contributed by atoms with van der Waals surface area (Å²) in [5.41, 5.74) is 0.615. The molecule has 0 atom stereocenters. The van der Waals surface area contributed by atoms with Crippen molar-refractivity contribution in [2.24, 2.45) is 0 Å². The maximum Gasteiger partial charge on any atom is 0.471 e. The van der Waals surface area contributed by atoms with Crippen LogP contribution in [0.3, 0.4) is 0 Å². The van der Waals surface area contributed by atoms with Crippen LogP contribution in [0.5, 0.6) is 0 Å². The highest BCUT2D eigenvalue weighted by Gasteiger charge is 2.55. The molecule has 0 bridgehead atoms. The number of sulfonamides is 1. The lowest BCUT2D eigenvalue weighted by molar-refractivity contribution is -0.159. The molecule has 3 aromatic rings. The molecule has 0 saturated heterocycles. The third-order valence-electron chi connectivity index (χ3n) is 4.43. The summed E-state index contributed by atoms with van der Waals surface area (Å²) >= 11 is 6.95. The molecule has 0 amide bonds. The summed E-state index contributed by atoms with van der Waals surface area (Å²) in [6.07, 6.45) is -2.54. The smallest absolute Gasteiger partial charge is 0.329 e. The van der Waals surface area contributed by atoms with E-state index in [9.17, 15) is 21.6 Å². The predicted molar refractivity (Wildman–Crippen MR) is 98.5 cm³/mol. The molecule has 1 aromatic carbocycles. The Morgan fingerprint density at radius 3 is 2.69 bits per heavy atom. The monoisotopic (exact) mass is 464 g/mol. The molecular weight excluding hydrogens is 453 g/mol. The fraction of sp³-hybridized carbons (Fsp3) is 0.312. The zero-order valence-corrected chi connectivity index (χ0v) is 16.8. The molecule has 29 heavy (non-hydrogen) atoms. The summed E-state index contributed by atoms with van der Waals surface area (Å²) in [6, 6.07) is 6.71. The molecule has 0 unspecified atom stereocenters. The van der Waals surface area contributed by atoms with E-state index in [1.807, 2.05) is 0 Å². The molecule has 13 heteroatoms. The first-order valence-corrected chi connectivity index (χ1v) is 10.9. The van der Waals surface area contributed by atoms with Gasteiger partial charge in [-0.25, -0.2) is 18.1 Å². The number of nitrogens with one attached hydrogen (secondary N) is 1. The van der Waals surface area contributed by atoms with Gasteiger partial charge in [0.2, 0.25) is 15.8 Å². The minimum atomic E-state index is -4.74. The van der Waals surface area contributed by atoms with Gasteiger partial charge in [-0.2, -0.15) is 18.2 Å². The van der Waals surface area contributed by atoms with Gasteiger partial charge < -0.3 is 4.52 Å². The van der Waals surface area contributed by atoms with Crippen LogP contribution in [0.2, 0.25) is 5.02 Å². The highest BCUT2D eigenvalue weighted by Crippen LogP contribution is 2.52. The maximum atomic E-state index is 12.8. The van der Waals surface area contributed by atoms with Gasteiger partial charge in [0.25, 0.3) is 0 Å². The van der Waals surface area contributed by atoms with Crippen LogP contribution in [-0.4, -0.2) is 23.5 Å². The molecular formula is C16H12ClF3N4O3S2. The van der Waals surface area contributed by atoms with E-state index in [0.717, 1.165) is 11.3 Å². The number of alkyl halides is 3. The molecule has 1 saturated carbocycles. The Morgan fingerprint density at radius 1 is 1.31 bits per heavy atom. The summed E-state index contributed by atoms with van der Waals surface area (Å²) in [5.74, 6) is -1.72. The van der Waals surface area contributed by atoms with Crippen molar-refractivity contribution >= 4 is 33.0 Å². The first-order valence-electron chi connectivity index (χ1n) is 8.22. The van der Waals surface area contributed by atoms with E-state index in [1.165, 1.54) is 6.20 Å². The Morgan fingerprint density at radius 2 is 2.07 bits per heavy atom. The number of rotatable bonds is 6. The summed E-state index contributed by atoms with van der Waals surface area (Å²) in [7, 11) is -3.73. The van der Waals surface area contributed by atoms with Crippen LogP contribution in [0.25, 0.3) is 10.7 Å². The standard InChI is InChI=1S/C16H12ClF3N4O3S2/c17-10-3-1-2-9(6-10)15(4-5-15)29(25,26)22-8-12-21-7-11(28-12)13-23-14(27-24-13)16(18,19)20/h1-3,6-7,22H,4-5,8H2. The second-order valence-corrected chi connectivity index (χ2v) is 10.00. The van der Waals surface area contributed by atoms with Gasteiger partial charge in [0.1, 0.15) is 9.75 Å². The highest BCUT2D eigenvalue weighted by molar-refractivity contribution is 7.90. The molecule has 1 N–H and O–H groups in total. The van der Waals surface area contributed by atoms with E-state index in [-0.39, 0.29) is 17.2 Å². The Hall–Kier alpha value is -2.02. The van der Waals surface area contributed by atoms with E-state index in [4.69, 9.17) is 11.6 Å². The minimum Gasteiger partial charge on any atom is -0.329 e. The first kappa shape index (κ1) is 20.3. The Bertz CT molecular complexity index is 1160. The van der Waals surface area contributed by atoms with Crippen molar-refractivity contribution in [2.45, 2.75) is 30.3 Å². The lowest BCUT2D eigenvalue weighted by Crippen LogP contribution is -2.34. The number of aromatic nitrogens is 3. The Balaban J connectivity index is 1.48. The quantitative estimate of drug-likeness (QED) is 0.592. The largest absolute Gasteiger partial charge is 0.471 e. The molecule has 0 aliphatic heterocycles. The first-order chi connectivity index (χ1) is 13.6. The van der Waals surface area contributed by atoms with Gasteiger partial charge in [0.15, 0.2) is 0 Å². The van der Waals surface area contributed by atoms with Gasteiger partial charge in [-0.15, -0.1) is 11.3 Å². The van der Waals surface area contributed by atoms with Gasteiger partial charge in [0.05, 0.1) is 11.4 Å². The van der Waals surface area contributed by atoms with Gasteiger partial charge in [0, 0.05) is 11.2 Å². The average molecular weight is 465 g/mol. The zero-order chi connectivity index (χ0) is 20.9. The molecule has 2 heterocycles. The molecule has 0 radical (unpaired) electrons. The topological polar surface area (TPSA) is 98.0 Å². The SMILES string of the molecule is O=S(=O)(NCc1ncc(-c2noc(C(F)(F)F)n2)s1)C1(c2cccc(Cl)c2)CC1. The van der Waals surface area contributed by atoms with E-state index in [2.05, 4.69) is 24.4 Å². The van der Waals surface area contributed by atoms with Crippen LogP contribution >= 0.6 is 22.9 Å². The van der Waals surface area contributed by atoms with Crippen molar-refractivity contribution in [3.05, 3.63) is 51.9 Å². The molecule has 0 spiro atoms. The molecule has 7 nitrogen and oxygen atoms in total. The Labute approximate surface area is 172 Å². The van der Waals surface area contributed by atoms with Crippen LogP contribution in [-0.2, 0) is 27.5 Å². The number of benzene rings is 1. The number of nitrogens with zero attached hydrogens (tertiary/aromatic N) is 3. The summed E-state index contributed by atoms with van der Waals surface area (Å²) in [5, 5.41) is 4.09.